The molecule has 0 aliphatic rings. The van der Waals surface area contributed by atoms with Gasteiger partial charge in [-0.2, -0.15) is 0 Å². The highest BCUT2D eigenvalue weighted by atomic mass is 16.3. The first-order valence-electron chi connectivity index (χ1n) is 6.03. The number of aromatic hydroxyl groups is 4. The molecule has 2 aromatic carbocycles. The van der Waals surface area contributed by atoms with Crippen LogP contribution in [0.1, 0.15) is 22.3 Å². The lowest BCUT2D eigenvalue weighted by atomic mass is 10.1. The maximum Gasteiger partial charge on any atom is 0.170 e. The zero-order chi connectivity index (χ0) is 14.7. The number of ketones is 1. The lowest BCUT2D eigenvalue weighted by molar-refractivity contribution is 0.0977. The maximum absolute atomic E-state index is 12.0. The zero-order valence-electron chi connectivity index (χ0n) is 10.6. The highest BCUT2D eigenvalue weighted by Gasteiger charge is 2.17. The zero-order valence-corrected chi connectivity index (χ0v) is 10.6. The summed E-state index contributed by atoms with van der Waals surface area (Å²) < 4.78 is 0. The van der Waals surface area contributed by atoms with Crippen molar-refractivity contribution in [3.8, 4) is 23.0 Å². The van der Waals surface area contributed by atoms with E-state index in [1.807, 2.05) is 0 Å². The van der Waals surface area contributed by atoms with Gasteiger partial charge in [0.1, 0.15) is 28.6 Å². The van der Waals surface area contributed by atoms with Gasteiger partial charge in [0.05, 0.1) is 0 Å². The van der Waals surface area contributed by atoms with Crippen molar-refractivity contribution < 1.29 is 25.2 Å². The van der Waals surface area contributed by atoms with E-state index in [9.17, 15) is 20.1 Å². The largest absolute Gasteiger partial charge is 0.508 e. The van der Waals surface area contributed by atoms with E-state index in [4.69, 9.17) is 5.11 Å². The molecule has 0 saturated heterocycles. The summed E-state index contributed by atoms with van der Waals surface area (Å²) in [6, 6.07) is 8.45. The summed E-state index contributed by atoms with van der Waals surface area (Å²) in [5.74, 6) is -1.48. The van der Waals surface area contributed by atoms with Gasteiger partial charge in [-0.25, -0.2) is 0 Å². The highest BCUT2D eigenvalue weighted by molar-refractivity contribution is 6.01. The average molecular weight is 280 g/mol. The van der Waals surface area contributed by atoms with Gasteiger partial charge in [-0.3, -0.25) is 4.79 Å². The topological polar surface area (TPSA) is 98.0 Å². The second-order valence-corrected chi connectivity index (χ2v) is 4.45. The second-order valence-electron chi connectivity index (χ2n) is 4.45. The van der Waals surface area contributed by atoms with Crippen molar-refractivity contribution in [1.82, 2.24) is 0 Å². The van der Waals surface area contributed by atoms with E-state index in [-0.39, 0.29) is 23.5 Å². The lowest BCUT2D eigenvalue weighted by Crippen LogP contribution is -2.02. The Balaban J connectivity index is 2.11. The van der Waals surface area contributed by atoms with Gasteiger partial charge in [0.25, 0.3) is 0 Å². The van der Waals surface area contributed by atoms with Crippen LogP contribution in [0, 0.1) is 0 Å². The Hall–Kier alpha value is -2.69. The molecule has 2 aromatic rings. The highest BCUT2D eigenvalue weighted by Crippen LogP contribution is 2.33. The van der Waals surface area contributed by atoms with Gasteiger partial charge in [0.2, 0.25) is 0 Å². The van der Waals surface area contributed by atoms with E-state index in [1.165, 1.54) is 12.1 Å². The van der Waals surface area contributed by atoms with Crippen LogP contribution in [0.5, 0.6) is 23.0 Å². The van der Waals surface area contributed by atoms with Crippen LogP contribution in [0.3, 0.4) is 0 Å². The SMILES string of the molecule is O=C(CC[13c]1[13cH][13cH][13c](O)[13cH][13cH]1)c1c(O)cc(O)cc1O. The number of phenolic OH excluding ortho intramolecular Hbond substituents is 4. The molecule has 0 aromatic heterocycles. The molecule has 0 heterocycles. The first-order chi connectivity index (χ1) is 9.47. The summed E-state index contributed by atoms with van der Waals surface area (Å²) in [6.07, 6.45) is 0.509. The molecule has 5 heteroatoms. The fourth-order valence-corrected chi connectivity index (χ4v) is 1.93. The first kappa shape index (κ1) is 13.7. The molecular weight excluding hydrogens is 266 g/mol. The van der Waals surface area contributed by atoms with E-state index >= 15 is 0 Å². The van der Waals surface area contributed by atoms with Crippen molar-refractivity contribution in [2.24, 2.45) is 0 Å². The van der Waals surface area contributed by atoms with Crippen molar-refractivity contribution in [2.75, 3.05) is 0 Å². The van der Waals surface area contributed by atoms with Crippen molar-refractivity contribution >= 4 is 5.78 Å². The molecule has 0 bridgehead atoms. The predicted octanol–water partition coefficient (Wildman–Crippen LogP) is 2.32. The Kier molecular flexibility index (Phi) is 3.79. The molecule has 104 valence electrons. The van der Waals surface area contributed by atoms with Crippen LogP contribution in [0.25, 0.3) is 0 Å². The van der Waals surface area contributed by atoms with E-state index in [0.717, 1.165) is 17.7 Å². The van der Waals surface area contributed by atoms with E-state index < -0.39 is 17.3 Å². The second kappa shape index (κ2) is 5.52. The number of rotatable bonds is 4. The molecule has 0 aliphatic heterocycles. The van der Waals surface area contributed by atoms with Gasteiger partial charge in [-0.1, -0.05) is 12.1 Å². The molecule has 0 spiro atoms. The number of carbonyl (C=O) groups is 1. The Labute approximate surface area is 115 Å². The number of hydrogen-bond acceptors (Lipinski definition) is 5. The predicted molar refractivity (Wildman–Crippen MR) is 72.2 cm³/mol. The fourth-order valence-electron chi connectivity index (χ4n) is 1.93. The molecule has 0 radical (unpaired) electrons. The normalized spacial score (nSPS) is 10.4. The minimum Gasteiger partial charge on any atom is -0.508 e. The summed E-state index contributed by atoms with van der Waals surface area (Å²) in [6.45, 7) is 0. The summed E-state index contributed by atoms with van der Waals surface area (Å²) in [7, 11) is 0. The van der Waals surface area contributed by atoms with Crippen LogP contribution >= 0.6 is 0 Å². The minimum absolute atomic E-state index is 0.0939. The van der Waals surface area contributed by atoms with Gasteiger partial charge in [0, 0.05) is 18.6 Å². The summed E-state index contributed by atoms with van der Waals surface area (Å²) >= 11 is 0. The molecule has 2 rings (SSSR count). The van der Waals surface area contributed by atoms with Crippen molar-refractivity contribution in [2.45, 2.75) is 12.8 Å². The number of phenols is 4. The van der Waals surface area contributed by atoms with Gasteiger partial charge in [-0.05, 0) is 24.1 Å². The summed E-state index contributed by atoms with van der Waals surface area (Å²) in [4.78, 5) is 12.0. The van der Waals surface area contributed by atoms with Crippen LogP contribution in [-0.4, -0.2) is 26.2 Å². The Morgan fingerprint density at radius 3 is 1.95 bits per heavy atom. The molecule has 0 amide bonds. The molecule has 20 heavy (non-hydrogen) atoms. The number of carbonyl (C=O) groups excluding carboxylic acids is 1. The molecule has 0 aliphatic carbocycles. The van der Waals surface area contributed by atoms with Crippen LogP contribution in [-0.2, 0) is 6.42 Å². The molecule has 0 unspecified atom stereocenters. The first-order valence-corrected chi connectivity index (χ1v) is 6.03. The number of Topliss-reactive ketones (excluding diaryl/α,β-unsaturated/α-hetero) is 1. The number of hydrogen-bond donors (Lipinski definition) is 4. The smallest absolute Gasteiger partial charge is 0.170 e. The quantitative estimate of drug-likeness (QED) is 0.644. The van der Waals surface area contributed by atoms with E-state index in [1.54, 1.807) is 12.1 Å². The van der Waals surface area contributed by atoms with Crippen LogP contribution < -0.4 is 0 Å². The van der Waals surface area contributed by atoms with Crippen LogP contribution in [0.15, 0.2) is 36.4 Å². The van der Waals surface area contributed by atoms with Gasteiger partial charge < -0.3 is 20.4 Å². The Bertz CT molecular complexity index is 608. The molecular formula is C15H14O5. The maximum atomic E-state index is 12.0. The van der Waals surface area contributed by atoms with Crippen LogP contribution in [0.4, 0.5) is 0 Å². The summed E-state index contributed by atoms with van der Waals surface area (Å²) in [5.41, 5.74) is 0.662. The Morgan fingerprint density at radius 2 is 1.40 bits per heavy atom. The third-order valence-corrected chi connectivity index (χ3v) is 2.94. The Morgan fingerprint density at radius 1 is 0.850 bits per heavy atom. The number of benzene rings is 2. The van der Waals surface area contributed by atoms with Crippen molar-refractivity contribution in [3.63, 3.8) is 0 Å². The van der Waals surface area contributed by atoms with E-state index in [0.29, 0.717) is 6.42 Å². The van der Waals surface area contributed by atoms with Gasteiger partial charge in [-0.15, -0.1) is 0 Å². The van der Waals surface area contributed by atoms with Crippen molar-refractivity contribution in [1.29, 1.82) is 0 Å². The third kappa shape index (κ3) is 3.00. The fraction of sp³-hybridized carbons (Fsp3) is 0.133. The molecule has 0 fully saturated rings. The van der Waals surface area contributed by atoms with Crippen LogP contribution in [0.2, 0.25) is 0 Å². The van der Waals surface area contributed by atoms with E-state index in [2.05, 4.69) is 0 Å². The number of aryl methyl sites for hydroxylation is 1. The minimum atomic E-state index is -0.446. The van der Waals surface area contributed by atoms with Gasteiger partial charge >= 0.3 is 0 Å². The standard InChI is InChI=1S/C15H14O5/c16-10-4-1-9(2-5-10)3-6-12(18)15-13(19)7-11(17)8-14(15)20/h1-2,4-5,7-8,16-17,19-20H,3,6H2/i1+1,2+1,4+1,5+1,9+1,10+1. The molecule has 4 N–H and O–H groups in total. The molecule has 0 atom stereocenters. The lowest BCUT2D eigenvalue weighted by Gasteiger charge is -2.07. The van der Waals surface area contributed by atoms with Crippen molar-refractivity contribution in [3.05, 3.63) is 47.5 Å². The average Bonchev–Trinajstić information content (AvgIpc) is 2.37. The summed E-state index contributed by atoms with van der Waals surface area (Å²) in [5, 5.41) is 37.5. The molecule has 5 nitrogen and oxygen atoms in total. The molecule has 0 saturated carbocycles. The third-order valence-electron chi connectivity index (χ3n) is 2.94. The monoisotopic (exact) mass is 280 g/mol. The van der Waals surface area contributed by atoms with Gasteiger partial charge in [0.15, 0.2) is 5.78 Å².